The van der Waals surface area contributed by atoms with Gasteiger partial charge >= 0.3 is 0 Å². The average molecular weight is 386 g/mol. The van der Waals surface area contributed by atoms with E-state index in [4.69, 9.17) is 17.3 Å². The SMILES string of the molecule is CN1C(=O)C2(N=C1N)c1cc(-c3cc(F)cc(Cl)c3)ccc1CCC2(C)C. The summed E-state index contributed by atoms with van der Waals surface area (Å²) >= 11 is 6.03. The first-order valence-electron chi connectivity index (χ1n) is 8.89. The quantitative estimate of drug-likeness (QED) is 0.803. The summed E-state index contributed by atoms with van der Waals surface area (Å²) in [6.45, 7) is 4.10. The van der Waals surface area contributed by atoms with Crippen molar-refractivity contribution in [2.24, 2.45) is 16.1 Å². The molecule has 1 amide bonds. The van der Waals surface area contributed by atoms with Crippen molar-refractivity contribution < 1.29 is 9.18 Å². The number of carbonyl (C=O) groups excluding carboxylic acids is 1. The van der Waals surface area contributed by atoms with E-state index in [1.165, 1.54) is 17.0 Å². The lowest BCUT2D eigenvalue weighted by atomic mass is 9.60. The minimum atomic E-state index is -1.06. The normalized spacial score (nSPS) is 23.5. The molecule has 1 aliphatic carbocycles. The van der Waals surface area contributed by atoms with Crippen LogP contribution in [0, 0.1) is 11.2 Å². The van der Waals surface area contributed by atoms with Crippen LogP contribution in [0.25, 0.3) is 11.1 Å². The van der Waals surface area contributed by atoms with Crippen LogP contribution in [0.1, 0.15) is 31.4 Å². The van der Waals surface area contributed by atoms with E-state index >= 15 is 0 Å². The number of halogens is 2. The van der Waals surface area contributed by atoms with Crippen molar-refractivity contribution in [3.63, 3.8) is 0 Å². The van der Waals surface area contributed by atoms with E-state index in [9.17, 15) is 9.18 Å². The van der Waals surface area contributed by atoms with Gasteiger partial charge in [0, 0.05) is 17.5 Å². The Bertz CT molecular complexity index is 981. The van der Waals surface area contributed by atoms with Gasteiger partial charge in [-0.1, -0.05) is 37.6 Å². The summed E-state index contributed by atoms with van der Waals surface area (Å²) in [4.78, 5) is 19.4. The minimum absolute atomic E-state index is 0.125. The number of hydrogen-bond acceptors (Lipinski definition) is 3. The molecule has 6 heteroatoms. The number of rotatable bonds is 1. The van der Waals surface area contributed by atoms with Crippen molar-refractivity contribution in [3.8, 4) is 11.1 Å². The molecule has 1 unspecified atom stereocenters. The fourth-order valence-corrected chi connectivity index (χ4v) is 4.50. The molecule has 2 aromatic carbocycles. The number of benzene rings is 2. The molecular formula is C21H21ClFN3O. The lowest BCUT2D eigenvalue weighted by Gasteiger charge is -2.45. The van der Waals surface area contributed by atoms with E-state index in [1.54, 1.807) is 13.1 Å². The number of nitrogens with two attached hydrogens (primary N) is 1. The smallest absolute Gasteiger partial charge is 0.262 e. The number of aryl methyl sites for hydroxylation is 1. The van der Waals surface area contributed by atoms with E-state index in [0.717, 1.165) is 29.5 Å². The molecule has 1 spiro atoms. The summed E-state index contributed by atoms with van der Waals surface area (Å²) in [7, 11) is 1.65. The van der Waals surface area contributed by atoms with Crippen LogP contribution < -0.4 is 5.73 Å². The molecule has 1 atom stereocenters. The minimum Gasteiger partial charge on any atom is -0.369 e. The number of likely N-dealkylation sites (N-methyl/N-ethyl adjacent to an activating group) is 1. The van der Waals surface area contributed by atoms with Crippen LogP contribution in [0.4, 0.5) is 4.39 Å². The third kappa shape index (κ3) is 2.48. The van der Waals surface area contributed by atoms with Crippen LogP contribution in [-0.2, 0) is 16.8 Å². The standard InChI is InChI=1S/C21H21ClFN3O/c1-20(2)7-6-12-4-5-13(14-8-15(22)11-16(23)9-14)10-17(12)21(20)18(27)26(3)19(24)25-21/h4-5,8-11H,6-7H2,1-3H3,(H2,24,25). The van der Waals surface area contributed by atoms with E-state index in [1.807, 2.05) is 18.2 Å². The summed E-state index contributed by atoms with van der Waals surface area (Å²) in [5.74, 6) is -0.301. The summed E-state index contributed by atoms with van der Waals surface area (Å²) in [6.07, 6.45) is 1.67. The predicted molar refractivity (Wildman–Crippen MR) is 105 cm³/mol. The number of nitrogens with zero attached hydrogens (tertiary/aromatic N) is 2. The van der Waals surface area contributed by atoms with Gasteiger partial charge in [0.1, 0.15) is 5.82 Å². The first kappa shape index (κ1) is 18.0. The molecular weight excluding hydrogens is 365 g/mol. The molecule has 140 valence electrons. The maximum absolute atomic E-state index is 13.9. The highest BCUT2D eigenvalue weighted by atomic mass is 35.5. The maximum atomic E-state index is 13.9. The molecule has 2 N–H and O–H groups in total. The molecule has 0 saturated heterocycles. The molecule has 4 nitrogen and oxygen atoms in total. The van der Waals surface area contributed by atoms with E-state index < -0.39 is 16.8 Å². The maximum Gasteiger partial charge on any atom is 0.262 e. The Morgan fingerprint density at radius 3 is 2.56 bits per heavy atom. The molecule has 1 heterocycles. The second-order valence-electron chi connectivity index (χ2n) is 7.96. The Labute approximate surface area is 162 Å². The summed E-state index contributed by atoms with van der Waals surface area (Å²) in [5.41, 5.74) is 7.94. The molecule has 0 bridgehead atoms. The Hall–Kier alpha value is -2.40. The highest BCUT2D eigenvalue weighted by molar-refractivity contribution is 6.30. The Morgan fingerprint density at radius 2 is 1.93 bits per heavy atom. The number of guanidine groups is 1. The van der Waals surface area contributed by atoms with Crippen LogP contribution in [0.5, 0.6) is 0 Å². The fourth-order valence-electron chi connectivity index (χ4n) is 4.28. The topological polar surface area (TPSA) is 58.7 Å². The first-order valence-corrected chi connectivity index (χ1v) is 9.27. The molecule has 0 radical (unpaired) electrons. The molecule has 27 heavy (non-hydrogen) atoms. The molecule has 0 saturated carbocycles. The number of aliphatic imine (C=N–C) groups is 1. The molecule has 0 aromatic heterocycles. The third-order valence-corrected chi connectivity index (χ3v) is 6.15. The van der Waals surface area contributed by atoms with Crippen LogP contribution >= 0.6 is 11.6 Å². The Kier molecular flexibility index (Phi) is 3.86. The van der Waals surface area contributed by atoms with Crippen molar-refractivity contribution in [1.82, 2.24) is 4.90 Å². The van der Waals surface area contributed by atoms with Gasteiger partial charge in [-0.25, -0.2) is 9.38 Å². The van der Waals surface area contributed by atoms with Gasteiger partial charge in [0.15, 0.2) is 11.5 Å². The predicted octanol–water partition coefficient (Wildman–Crippen LogP) is 4.10. The number of carbonyl (C=O) groups is 1. The molecule has 1 aliphatic heterocycles. The Morgan fingerprint density at radius 1 is 1.19 bits per heavy atom. The number of hydrogen-bond donors (Lipinski definition) is 1. The van der Waals surface area contributed by atoms with E-state index in [0.29, 0.717) is 10.6 Å². The van der Waals surface area contributed by atoms with Crippen molar-refractivity contribution in [3.05, 3.63) is 58.4 Å². The zero-order chi connectivity index (χ0) is 19.6. The zero-order valence-electron chi connectivity index (χ0n) is 15.5. The highest BCUT2D eigenvalue weighted by Crippen LogP contribution is 2.54. The van der Waals surface area contributed by atoms with Crippen LogP contribution in [0.3, 0.4) is 0 Å². The van der Waals surface area contributed by atoms with Crippen molar-refractivity contribution >= 4 is 23.5 Å². The largest absolute Gasteiger partial charge is 0.369 e. The molecule has 4 rings (SSSR count). The Balaban J connectivity index is 1.97. The van der Waals surface area contributed by atoms with Gasteiger partial charge in [-0.3, -0.25) is 9.69 Å². The second-order valence-corrected chi connectivity index (χ2v) is 8.39. The average Bonchev–Trinajstić information content (AvgIpc) is 2.83. The zero-order valence-corrected chi connectivity index (χ0v) is 16.3. The van der Waals surface area contributed by atoms with E-state index in [-0.39, 0.29) is 11.9 Å². The third-order valence-electron chi connectivity index (χ3n) is 5.93. The van der Waals surface area contributed by atoms with Gasteiger partial charge in [0.05, 0.1) is 0 Å². The van der Waals surface area contributed by atoms with Gasteiger partial charge in [-0.2, -0.15) is 0 Å². The van der Waals surface area contributed by atoms with E-state index in [2.05, 4.69) is 18.8 Å². The van der Waals surface area contributed by atoms with Crippen LogP contribution in [0.15, 0.2) is 41.4 Å². The van der Waals surface area contributed by atoms with Crippen molar-refractivity contribution in [2.45, 2.75) is 32.2 Å². The molecule has 2 aliphatic rings. The number of fused-ring (bicyclic) bond motifs is 2. The van der Waals surface area contributed by atoms with Crippen molar-refractivity contribution in [2.75, 3.05) is 7.05 Å². The summed E-state index contributed by atoms with van der Waals surface area (Å²) in [6, 6.07) is 10.3. The number of amides is 1. The van der Waals surface area contributed by atoms with Gasteiger partial charge in [-0.05, 0) is 59.4 Å². The first-order chi connectivity index (χ1) is 12.7. The van der Waals surface area contributed by atoms with Crippen LogP contribution in [-0.4, -0.2) is 23.8 Å². The van der Waals surface area contributed by atoms with Crippen molar-refractivity contribution in [1.29, 1.82) is 0 Å². The van der Waals surface area contributed by atoms with Gasteiger partial charge in [0.25, 0.3) is 5.91 Å². The van der Waals surface area contributed by atoms with Gasteiger partial charge in [0.2, 0.25) is 0 Å². The fraction of sp³-hybridized carbons (Fsp3) is 0.333. The lowest BCUT2D eigenvalue weighted by Crippen LogP contribution is -2.51. The van der Waals surface area contributed by atoms with Crippen LogP contribution in [0.2, 0.25) is 5.02 Å². The molecule has 0 fully saturated rings. The highest BCUT2D eigenvalue weighted by Gasteiger charge is 2.59. The monoisotopic (exact) mass is 385 g/mol. The lowest BCUT2D eigenvalue weighted by molar-refractivity contribution is -0.135. The summed E-state index contributed by atoms with van der Waals surface area (Å²) in [5, 5.41) is 0.330. The van der Waals surface area contributed by atoms with Gasteiger partial charge < -0.3 is 5.73 Å². The second kappa shape index (κ2) is 5.80. The molecule has 2 aromatic rings. The van der Waals surface area contributed by atoms with Gasteiger partial charge in [-0.15, -0.1) is 0 Å². The summed E-state index contributed by atoms with van der Waals surface area (Å²) < 4.78 is 13.9.